The fraction of sp³-hybridized carbons (Fsp3) is 0.200. The summed E-state index contributed by atoms with van der Waals surface area (Å²) in [6.45, 7) is 2.18. The molecule has 0 amide bonds. The van der Waals surface area contributed by atoms with Gasteiger partial charge in [0.15, 0.2) is 0 Å². The van der Waals surface area contributed by atoms with Crippen LogP contribution in [-0.4, -0.2) is 0 Å². The van der Waals surface area contributed by atoms with Gasteiger partial charge in [0.1, 0.15) is 0 Å². The summed E-state index contributed by atoms with van der Waals surface area (Å²) in [5, 5.41) is 1.29. The molecule has 0 radical (unpaired) electrons. The molecule has 0 aliphatic rings. The first kappa shape index (κ1) is 9.56. The lowest BCUT2D eigenvalue weighted by atomic mass is 10.1. The predicted octanol–water partition coefficient (Wildman–Crippen LogP) is 4.51. The number of hydrogen-bond donors (Lipinski definition) is 1. The van der Waals surface area contributed by atoms with Crippen molar-refractivity contribution in [2.24, 2.45) is 0 Å². The highest BCUT2D eigenvalue weighted by Gasteiger charge is 2.08. The van der Waals surface area contributed by atoms with Crippen molar-refractivity contribution in [3.8, 4) is 0 Å². The van der Waals surface area contributed by atoms with Gasteiger partial charge in [-0.2, -0.15) is 0 Å². The molecular weight excluding hydrogens is 264 g/mol. The average Bonchev–Trinajstić information content (AvgIpc) is 2.43. The minimum Gasteiger partial charge on any atom is -0.132 e. The molecule has 0 aliphatic carbocycles. The number of aryl methyl sites for hydroxylation is 1. The van der Waals surface area contributed by atoms with E-state index >= 15 is 0 Å². The molecule has 3 heteroatoms. The monoisotopic (exact) mass is 272 g/mol. The molecule has 1 aromatic carbocycles. The van der Waals surface area contributed by atoms with Crippen LogP contribution in [0.4, 0.5) is 0 Å². The lowest BCUT2D eigenvalue weighted by Gasteiger charge is -1.97. The third-order valence-electron chi connectivity index (χ3n) is 2.10. The molecule has 0 unspecified atom stereocenters. The van der Waals surface area contributed by atoms with Crippen LogP contribution in [-0.2, 0) is 6.42 Å². The number of fused-ring (bicyclic) bond motifs is 1. The first-order valence-corrected chi connectivity index (χ1v) is 6.18. The highest BCUT2D eigenvalue weighted by molar-refractivity contribution is 9.10. The molecule has 2 rings (SSSR count). The summed E-state index contributed by atoms with van der Waals surface area (Å²) in [4.78, 5) is 0. The Balaban J connectivity index is 2.84. The van der Waals surface area contributed by atoms with Crippen molar-refractivity contribution >= 4 is 50.0 Å². The maximum Gasteiger partial charge on any atom is 0.0723 e. The first-order valence-electron chi connectivity index (χ1n) is 4.13. The van der Waals surface area contributed by atoms with Gasteiger partial charge in [0.25, 0.3) is 0 Å². The fourth-order valence-corrected chi connectivity index (χ4v) is 3.53. The summed E-state index contributed by atoms with van der Waals surface area (Å²) in [5.41, 5.74) is 1.41. The molecule has 0 bridgehead atoms. The molecule has 0 N–H and O–H groups in total. The second kappa shape index (κ2) is 3.64. The minimum absolute atomic E-state index is 1.07. The van der Waals surface area contributed by atoms with Crippen LogP contribution >= 0.6 is 39.9 Å². The molecule has 0 saturated carbocycles. The van der Waals surface area contributed by atoms with E-state index in [1.165, 1.54) is 15.6 Å². The molecule has 0 aliphatic heterocycles. The zero-order chi connectivity index (χ0) is 9.42. The predicted molar refractivity (Wildman–Crippen MR) is 66.2 cm³/mol. The van der Waals surface area contributed by atoms with Crippen LogP contribution in [0.2, 0.25) is 0 Å². The number of benzene rings is 1. The molecule has 1 aromatic heterocycles. The Morgan fingerprint density at radius 2 is 2.23 bits per heavy atom. The van der Waals surface area contributed by atoms with Crippen LogP contribution in [0.15, 0.2) is 26.9 Å². The molecule has 0 saturated heterocycles. The number of thiophene rings is 1. The number of hydrogen-bond acceptors (Lipinski definition) is 2. The van der Waals surface area contributed by atoms with E-state index in [-0.39, 0.29) is 0 Å². The molecule has 0 atom stereocenters. The summed E-state index contributed by atoms with van der Waals surface area (Å²) in [6.07, 6.45) is 1.08. The Morgan fingerprint density at radius 1 is 1.46 bits per heavy atom. The SMILES string of the molecule is CCc1cccc2c(Br)c(S)sc12. The van der Waals surface area contributed by atoms with Crippen molar-refractivity contribution in [3.63, 3.8) is 0 Å². The summed E-state index contributed by atoms with van der Waals surface area (Å²) in [5.74, 6) is 0. The maximum atomic E-state index is 4.41. The number of rotatable bonds is 1. The largest absolute Gasteiger partial charge is 0.132 e. The van der Waals surface area contributed by atoms with Gasteiger partial charge in [-0.05, 0) is 27.9 Å². The minimum atomic E-state index is 1.07. The third kappa shape index (κ3) is 1.53. The van der Waals surface area contributed by atoms with Crippen molar-refractivity contribution in [2.45, 2.75) is 17.6 Å². The van der Waals surface area contributed by atoms with Crippen LogP contribution in [0.5, 0.6) is 0 Å². The van der Waals surface area contributed by atoms with Crippen molar-refractivity contribution in [3.05, 3.63) is 28.2 Å². The van der Waals surface area contributed by atoms with E-state index in [9.17, 15) is 0 Å². The Kier molecular flexibility index (Phi) is 2.67. The molecule has 2 aromatic rings. The van der Waals surface area contributed by atoms with Gasteiger partial charge in [0, 0.05) is 14.6 Å². The van der Waals surface area contributed by atoms with Gasteiger partial charge in [-0.25, -0.2) is 0 Å². The van der Waals surface area contributed by atoms with Gasteiger partial charge in [0.2, 0.25) is 0 Å². The second-order valence-electron chi connectivity index (χ2n) is 2.87. The van der Waals surface area contributed by atoms with E-state index in [0.29, 0.717) is 0 Å². The average molecular weight is 273 g/mol. The Bertz CT molecular complexity index is 445. The van der Waals surface area contributed by atoms with Gasteiger partial charge in [-0.15, -0.1) is 24.0 Å². The van der Waals surface area contributed by atoms with E-state index in [1.54, 1.807) is 11.3 Å². The van der Waals surface area contributed by atoms with Crippen molar-refractivity contribution in [1.82, 2.24) is 0 Å². The van der Waals surface area contributed by atoms with E-state index < -0.39 is 0 Å². The third-order valence-corrected chi connectivity index (χ3v) is 5.07. The molecule has 1 heterocycles. The highest BCUT2D eigenvalue weighted by Crippen LogP contribution is 2.39. The first-order chi connectivity index (χ1) is 6.24. The van der Waals surface area contributed by atoms with Crippen LogP contribution in [0.25, 0.3) is 10.1 Å². The Labute approximate surface area is 95.5 Å². The summed E-state index contributed by atoms with van der Waals surface area (Å²) in [6, 6.07) is 6.42. The van der Waals surface area contributed by atoms with Gasteiger partial charge in [0.05, 0.1) is 4.21 Å². The molecular formula is C10H9BrS2. The smallest absolute Gasteiger partial charge is 0.0723 e. The normalized spacial score (nSPS) is 11.0. The summed E-state index contributed by atoms with van der Waals surface area (Å²) in [7, 11) is 0. The lowest BCUT2D eigenvalue weighted by Crippen LogP contribution is -1.77. The van der Waals surface area contributed by atoms with E-state index in [0.717, 1.165) is 15.1 Å². The standard InChI is InChI=1S/C10H9BrS2/c1-2-6-4-3-5-7-8(11)10(12)13-9(6)7/h3-5,12H,2H2,1H3. The van der Waals surface area contributed by atoms with Gasteiger partial charge >= 0.3 is 0 Å². The molecule has 0 fully saturated rings. The number of thiol groups is 1. The second-order valence-corrected chi connectivity index (χ2v) is 5.43. The van der Waals surface area contributed by atoms with Crippen LogP contribution in [0.1, 0.15) is 12.5 Å². The van der Waals surface area contributed by atoms with Crippen molar-refractivity contribution in [1.29, 1.82) is 0 Å². The van der Waals surface area contributed by atoms with E-state index in [2.05, 4.69) is 53.7 Å². The number of halogens is 1. The van der Waals surface area contributed by atoms with Gasteiger partial charge in [-0.3, -0.25) is 0 Å². The van der Waals surface area contributed by atoms with E-state index in [4.69, 9.17) is 0 Å². The zero-order valence-corrected chi connectivity index (χ0v) is 10.5. The Morgan fingerprint density at radius 3 is 2.92 bits per heavy atom. The highest BCUT2D eigenvalue weighted by atomic mass is 79.9. The van der Waals surface area contributed by atoms with Gasteiger partial charge in [-0.1, -0.05) is 25.1 Å². The van der Waals surface area contributed by atoms with Gasteiger partial charge < -0.3 is 0 Å². The summed E-state index contributed by atoms with van der Waals surface area (Å²) < 4.78 is 3.56. The van der Waals surface area contributed by atoms with Crippen molar-refractivity contribution in [2.75, 3.05) is 0 Å². The topological polar surface area (TPSA) is 0 Å². The quantitative estimate of drug-likeness (QED) is 0.726. The fourth-order valence-electron chi connectivity index (χ4n) is 1.41. The molecule has 68 valence electrons. The maximum absolute atomic E-state index is 4.41. The zero-order valence-electron chi connectivity index (χ0n) is 7.17. The Hall–Kier alpha value is 0.01000. The summed E-state index contributed by atoms with van der Waals surface area (Å²) >= 11 is 9.71. The molecule has 13 heavy (non-hydrogen) atoms. The van der Waals surface area contributed by atoms with Crippen LogP contribution in [0, 0.1) is 0 Å². The van der Waals surface area contributed by atoms with Crippen LogP contribution < -0.4 is 0 Å². The lowest BCUT2D eigenvalue weighted by molar-refractivity contribution is 1.16. The van der Waals surface area contributed by atoms with Crippen LogP contribution in [0.3, 0.4) is 0 Å². The van der Waals surface area contributed by atoms with Crippen molar-refractivity contribution < 1.29 is 0 Å². The van der Waals surface area contributed by atoms with E-state index in [1.807, 2.05) is 0 Å². The molecule has 0 spiro atoms. The molecule has 0 nitrogen and oxygen atoms in total.